The molecule has 2 amide bonds. The number of urea groups is 1. The summed E-state index contributed by atoms with van der Waals surface area (Å²) in [4.78, 5) is 18.0. The summed E-state index contributed by atoms with van der Waals surface area (Å²) in [5, 5.41) is 2.81. The van der Waals surface area contributed by atoms with Gasteiger partial charge in [0.2, 0.25) is 5.89 Å². The number of rotatable bonds is 5. The monoisotopic (exact) mass is 321 g/mol. The molecule has 0 saturated carbocycles. The van der Waals surface area contributed by atoms with Crippen LogP contribution in [0.4, 0.5) is 4.79 Å². The lowest BCUT2D eigenvalue weighted by Crippen LogP contribution is -2.36. The second kappa shape index (κ2) is 7.46. The van der Waals surface area contributed by atoms with Crippen LogP contribution < -0.4 is 5.32 Å². The van der Waals surface area contributed by atoms with E-state index in [-0.39, 0.29) is 12.6 Å². The molecule has 5 nitrogen and oxygen atoms in total. The molecule has 0 atom stereocenters. The first-order chi connectivity index (χ1) is 11.7. The molecule has 1 aromatic heterocycles. The van der Waals surface area contributed by atoms with Crippen LogP contribution in [0.5, 0.6) is 0 Å². The smallest absolute Gasteiger partial charge is 0.317 e. The molecular weight excluding hydrogens is 302 g/mol. The van der Waals surface area contributed by atoms with Crippen molar-refractivity contribution < 1.29 is 9.21 Å². The van der Waals surface area contributed by atoms with Crippen molar-refractivity contribution in [3.8, 4) is 11.3 Å². The topological polar surface area (TPSA) is 58.4 Å². The molecule has 0 aliphatic carbocycles. The zero-order valence-corrected chi connectivity index (χ0v) is 13.5. The third kappa shape index (κ3) is 4.01. The predicted molar refractivity (Wildman–Crippen MR) is 92.1 cm³/mol. The van der Waals surface area contributed by atoms with Crippen LogP contribution in [0.2, 0.25) is 0 Å². The average Bonchev–Trinajstić information content (AvgIpc) is 3.10. The number of carbonyl (C=O) groups excluding carboxylic acids is 1. The molecule has 24 heavy (non-hydrogen) atoms. The number of amides is 2. The van der Waals surface area contributed by atoms with Crippen molar-refractivity contribution in [2.24, 2.45) is 0 Å². The van der Waals surface area contributed by atoms with Crippen LogP contribution in [0.3, 0.4) is 0 Å². The highest BCUT2D eigenvalue weighted by Gasteiger charge is 2.11. The fourth-order valence-corrected chi connectivity index (χ4v) is 2.34. The minimum Gasteiger partial charge on any atom is -0.439 e. The minimum absolute atomic E-state index is 0.168. The molecule has 0 radical (unpaired) electrons. The van der Waals surface area contributed by atoms with E-state index in [0.29, 0.717) is 18.2 Å². The van der Waals surface area contributed by atoms with Crippen molar-refractivity contribution in [1.82, 2.24) is 15.2 Å². The number of hydrogen-bond acceptors (Lipinski definition) is 3. The number of hydrogen-bond donors (Lipinski definition) is 1. The third-order valence-electron chi connectivity index (χ3n) is 3.61. The third-order valence-corrected chi connectivity index (χ3v) is 3.61. The zero-order valence-electron chi connectivity index (χ0n) is 13.5. The van der Waals surface area contributed by atoms with Gasteiger partial charge in [-0.3, -0.25) is 0 Å². The Hall–Kier alpha value is -3.08. The normalized spacial score (nSPS) is 10.4. The fraction of sp³-hybridized carbons (Fsp3) is 0.158. The quantitative estimate of drug-likeness (QED) is 0.780. The van der Waals surface area contributed by atoms with Gasteiger partial charge in [-0.25, -0.2) is 9.78 Å². The molecular formula is C19H19N3O2. The number of benzene rings is 2. The Balaban J connectivity index is 1.54. The van der Waals surface area contributed by atoms with Crippen molar-refractivity contribution in [2.45, 2.75) is 13.1 Å². The zero-order chi connectivity index (χ0) is 16.8. The van der Waals surface area contributed by atoms with Crippen LogP contribution in [0, 0.1) is 0 Å². The average molecular weight is 321 g/mol. The fourth-order valence-electron chi connectivity index (χ4n) is 2.34. The molecule has 122 valence electrons. The molecule has 5 heteroatoms. The minimum atomic E-state index is -0.168. The van der Waals surface area contributed by atoms with Gasteiger partial charge in [0.1, 0.15) is 0 Å². The van der Waals surface area contributed by atoms with Crippen molar-refractivity contribution in [2.75, 3.05) is 7.05 Å². The predicted octanol–water partition coefficient (Wildman–Crippen LogP) is 3.68. The maximum atomic E-state index is 12.1. The highest BCUT2D eigenvalue weighted by Crippen LogP contribution is 2.19. The molecule has 1 N–H and O–H groups in total. The van der Waals surface area contributed by atoms with Gasteiger partial charge >= 0.3 is 6.03 Å². The molecule has 0 fully saturated rings. The van der Waals surface area contributed by atoms with E-state index in [1.807, 2.05) is 60.7 Å². The number of nitrogens with one attached hydrogen (secondary N) is 1. The number of nitrogens with zero attached hydrogens (tertiary/aromatic N) is 2. The van der Waals surface area contributed by atoms with Gasteiger partial charge in [-0.1, -0.05) is 60.7 Å². The van der Waals surface area contributed by atoms with Crippen molar-refractivity contribution in [1.29, 1.82) is 0 Å². The highest BCUT2D eigenvalue weighted by molar-refractivity contribution is 5.73. The van der Waals surface area contributed by atoms with Crippen LogP contribution in [-0.4, -0.2) is 23.0 Å². The van der Waals surface area contributed by atoms with Crippen molar-refractivity contribution in [3.63, 3.8) is 0 Å². The Bertz CT molecular complexity index is 785. The van der Waals surface area contributed by atoms with Crippen LogP contribution in [0.15, 0.2) is 71.3 Å². The van der Waals surface area contributed by atoms with Crippen LogP contribution in [0.25, 0.3) is 11.3 Å². The summed E-state index contributed by atoms with van der Waals surface area (Å²) in [6.07, 6.45) is 1.67. The maximum Gasteiger partial charge on any atom is 0.317 e. The van der Waals surface area contributed by atoms with Gasteiger partial charge in [-0.05, 0) is 5.56 Å². The van der Waals surface area contributed by atoms with Crippen molar-refractivity contribution in [3.05, 3.63) is 78.3 Å². The Morgan fingerprint density at radius 3 is 2.46 bits per heavy atom. The molecule has 0 spiro atoms. The first kappa shape index (κ1) is 15.8. The number of aromatic nitrogens is 1. The van der Waals surface area contributed by atoms with Gasteiger partial charge < -0.3 is 14.6 Å². The maximum absolute atomic E-state index is 12.1. The Morgan fingerprint density at radius 1 is 1.08 bits per heavy atom. The second-order valence-electron chi connectivity index (χ2n) is 5.48. The number of oxazole rings is 1. The van der Waals surface area contributed by atoms with Gasteiger partial charge in [-0.15, -0.1) is 0 Å². The van der Waals surface area contributed by atoms with Crippen molar-refractivity contribution >= 4 is 6.03 Å². The SMILES string of the molecule is CN(Cc1ccccc1)C(=O)NCc1ncc(-c2ccccc2)o1. The van der Waals surface area contributed by atoms with E-state index >= 15 is 0 Å². The van der Waals surface area contributed by atoms with Crippen LogP contribution >= 0.6 is 0 Å². The molecule has 0 aliphatic rings. The molecule has 3 aromatic rings. The van der Waals surface area contributed by atoms with Gasteiger partial charge in [0.15, 0.2) is 5.76 Å². The summed E-state index contributed by atoms with van der Waals surface area (Å²) in [5.41, 5.74) is 2.04. The van der Waals surface area contributed by atoms with E-state index in [1.54, 1.807) is 18.1 Å². The Morgan fingerprint density at radius 2 is 1.75 bits per heavy atom. The first-order valence-electron chi connectivity index (χ1n) is 7.75. The molecule has 0 unspecified atom stereocenters. The lowest BCUT2D eigenvalue weighted by molar-refractivity contribution is 0.205. The van der Waals surface area contributed by atoms with Gasteiger partial charge in [-0.2, -0.15) is 0 Å². The molecule has 0 bridgehead atoms. The Labute approximate surface area is 140 Å². The Kier molecular flexibility index (Phi) is 4.91. The van der Waals surface area contributed by atoms with Gasteiger partial charge in [0.05, 0.1) is 12.7 Å². The largest absolute Gasteiger partial charge is 0.439 e. The van der Waals surface area contributed by atoms with E-state index < -0.39 is 0 Å². The molecule has 0 aliphatic heterocycles. The summed E-state index contributed by atoms with van der Waals surface area (Å²) in [6.45, 7) is 0.804. The van der Waals surface area contributed by atoms with Crippen LogP contribution in [0.1, 0.15) is 11.5 Å². The van der Waals surface area contributed by atoms with E-state index in [9.17, 15) is 4.79 Å². The highest BCUT2D eigenvalue weighted by atomic mass is 16.4. The molecule has 3 rings (SSSR count). The van der Waals surface area contributed by atoms with E-state index in [4.69, 9.17) is 4.42 Å². The summed E-state index contributed by atoms with van der Waals surface area (Å²) in [6, 6.07) is 19.4. The van der Waals surface area contributed by atoms with E-state index in [0.717, 1.165) is 11.1 Å². The van der Waals surface area contributed by atoms with Crippen LogP contribution in [-0.2, 0) is 13.1 Å². The van der Waals surface area contributed by atoms with E-state index in [2.05, 4.69) is 10.3 Å². The summed E-state index contributed by atoms with van der Waals surface area (Å²) < 4.78 is 5.67. The van der Waals surface area contributed by atoms with Gasteiger partial charge in [0, 0.05) is 19.2 Å². The molecule has 2 aromatic carbocycles. The van der Waals surface area contributed by atoms with E-state index in [1.165, 1.54) is 0 Å². The molecule has 0 saturated heterocycles. The van der Waals surface area contributed by atoms with Gasteiger partial charge in [0.25, 0.3) is 0 Å². The molecule has 1 heterocycles. The number of carbonyl (C=O) groups is 1. The summed E-state index contributed by atoms with van der Waals surface area (Å²) >= 11 is 0. The summed E-state index contributed by atoms with van der Waals surface area (Å²) in [7, 11) is 1.76. The lowest BCUT2D eigenvalue weighted by atomic mass is 10.2. The second-order valence-corrected chi connectivity index (χ2v) is 5.48. The standard InChI is InChI=1S/C19H19N3O2/c1-22(14-15-8-4-2-5-9-15)19(23)21-13-18-20-12-17(24-18)16-10-6-3-7-11-16/h2-12H,13-14H2,1H3,(H,21,23). The first-order valence-corrected chi connectivity index (χ1v) is 7.75. The lowest BCUT2D eigenvalue weighted by Gasteiger charge is -2.17. The summed E-state index contributed by atoms with van der Waals surface area (Å²) in [5.74, 6) is 1.17.